The maximum absolute atomic E-state index is 12.5. The molecular formula is C16H21ClN2OS. The number of halogens is 1. The van der Waals surface area contributed by atoms with Crippen LogP contribution in [0.1, 0.15) is 24.8 Å². The zero-order chi connectivity index (χ0) is 14.7. The third-order valence-corrected chi connectivity index (χ3v) is 5.55. The van der Waals surface area contributed by atoms with Crippen molar-refractivity contribution in [3.63, 3.8) is 0 Å². The Morgan fingerprint density at radius 3 is 3.05 bits per heavy atom. The van der Waals surface area contributed by atoms with E-state index in [0.717, 1.165) is 36.7 Å². The Balaban J connectivity index is 1.52. The molecule has 2 aliphatic heterocycles. The largest absolute Gasteiger partial charge is 0.335 e. The van der Waals surface area contributed by atoms with Crippen LogP contribution in [0.2, 0.25) is 5.02 Å². The molecule has 0 radical (unpaired) electrons. The van der Waals surface area contributed by atoms with E-state index in [4.69, 9.17) is 11.6 Å². The summed E-state index contributed by atoms with van der Waals surface area (Å²) in [6.45, 7) is 2.00. The van der Waals surface area contributed by atoms with Crippen LogP contribution in [0.4, 0.5) is 0 Å². The number of thioether (sulfide) groups is 1. The number of amides is 1. The summed E-state index contributed by atoms with van der Waals surface area (Å²) in [5, 5.41) is 4.20. The number of hydrogen-bond acceptors (Lipinski definition) is 3. The highest BCUT2D eigenvalue weighted by Crippen LogP contribution is 2.29. The SMILES string of the molecule is O=C(CSCc1cccc(Cl)c1)N1C2CCNCC1CC2. The molecule has 1 aromatic carbocycles. The van der Waals surface area contributed by atoms with Gasteiger partial charge in [-0.3, -0.25) is 4.79 Å². The van der Waals surface area contributed by atoms with Crippen LogP contribution >= 0.6 is 23.4 Å². The summed E-state index contributed by atoms with van der Waals surface area (Å²) in [6, 6.07) is 8.74. The number of fused-ring (bicyclic) bond motifs is 2. The average Bonchev–Trinajstić information content (AvgIpc) is 2.72. The van der Waals surface area contributed by atoms with Crippen molar-refractivity contribution in [2.24, 2.45) is 0 Å². The Kier molecular flexibility index (Phi) is 5.09. The molecule has 2 atom stereocenters. The van der Waals surface area contributed by atoms with Crippen molar-refractivity contribution in [3.05, 3.63) is 34.9 Å². The molecule has 0 saturated carbocycles. The van der Waals surface area contributed by atoms with Gasteiger partial charge in [0.25, 0.3) is 0 Å². The number of benzene rings is 1. The first kappa shape index (κ1) is 15.2. The van der Waals surface area contributed by atoms with Gasteiger partial charge in [0.1, 0.15) is 0 Å². The van der Waals surface area contributed by atoms with Gasteiger partial charge in [-0.15, -0.1) is 11.8 Å². The van der Waals surface area contributed by atoms with E-state index in [-0.39, 0.29) is 0 Å². The van der Waals surface area contributed by atoms with Gasteiger partial charge in [0.15, 0.2) is 0 Å². The minimum Gasteiger partial charge on any atom is -0.335 e. The first-order chi connectivity index (χ1) is 10.2. The predicted molar refractivity (Wildman–Crippen MR) is 88.8 cm³/mol. The van der Waals surface area contributed by atoms with E-state index < -0.39 is 0 Å². The summed E-state index contributed by atoms with van der Waals surface area (Å²) in [7, 11) is 0. The molecule has 114 valence electrons. The van der Waals surface area contributed by atoms with Crippen molar-refractivity contribution >= 4 is 29.3 Å². The lowest BCUT2D eigenvalue weighted by Crippen LogP contribution is -2.43. The van der Waals surface area contributed by atoms with E-state index in [1.165, 1.54) is 12.0 Å². The molecule has 1 N–H and O–H groups in total. The molecular weight excluding hydrogens is 304 g/mol. The van der Waals surface area contributed by atoms with E-state index in [2.05, 4.69) is 16.3 Å². The first-order valence-electron chi connectivity index (χ1n) is 7.58. The van der Waals surface area contributed by atoms with Crippen molar-refractivity contribution in [3.8, 4) is 0 Å². The van der Waals surface area contributed by atoms with Crippen LogP contribution in [0.25, 0.3) is 0 Å². The Hall–Kier alpha value is -0.710. The van der Waals surface area contributed by atoms with E-state index in [1.807, 2.05) is 18.2 Å². The van der Waals surface area contributed by atoms with Gasteiger partial charge in [-0.05, 0) is 43.5 Å². The lowest BCUT2D eigenvalue weighted by Gasteiger charge is -2.27. The normalized spacial score (nSPS) is 24.9. The minimum atomic E-state index is 0.304. The number of rotatable bonds is 4. The zero-order valence-corrected chi connectivity index (χ0v) is 13.6. The summed E-state index contributed by atoms with van der Waals surface area (Å²) < 4.78 is 0. The Morgan fingerprint density at radius 2 is 2.19 bits per heavy atom. The van der Waals surface area contributed by atoms with Gasteiger partial charge in [0.05, 0.1) is 5.75 Å². The molecule has 2 aliphatic rings. The quantitative estimate of drug-likeness (QED) is 0.924. The van der Waals surface area contributed by atoms with E-state index in [0.29, 0.717) is 23.7 Å². The Labute approximate surface area is 135 Å². The maximum atomic E-state index is 12.5. The molecule has 5 heteroatoms. The zero-order valence-electron chi connectivity index (χ0n) is 12.1. The Morgan fingerprint density at radius 1 is 1.33 bits per heavy atom. The fourth-order valence-corrected chi connectivity index (χ4v) is 4.40. The van der Waals surface area contributed by atoms with Crippen LogP contribution in [-0.2, 0) is 10.5 Å². The smallest absolute Gasteiger partial charge is 0.233 e. The maximum Gasteiger partial charge on any atom is 0.233 e. The molecule has 2 unspecified atom stereocenters. The van der Waals surface area contributed by atoms with Gasteiger partial charge in [-0.1, -0.05) is 23.7 Å². The molecule has 3 rings (SSSR count). The highest BCUT2D eigenvalue weighted by Gasteiger charge is 2.37. The van der Waals surface area contributed by atoms with Crippen LogP contribution in [0.3, 0.4) is 0 Å². The number of hydrogen-bond donors (Lipinski definition) is 1. The van der Waals surface area contributed by atoms with Crippen LogP contribution in [0.5, 0.6) is 0 Å². The Bertz CT molecular complexity index is 497. The molecule has 0 aromatic heterocycles. The van der Waals surface area contributed by atoms with Gasteiger partial charge in [0.2, 0.25) is 5.91 Å². The topological polar surface area (TPSA) is 32.3 Å². The predicted octanol–water partition coefficient (Wildman–Crippen LogP) is 2.93. The lowest BCUT2D eigenvalue weighted by molar-refractivity contribution is -0.130. The van der Waals surface area contributed by atoms with Crippen molar-refractivity contribution in [2.75, 3.05) is 18.8 Å². The van der Waals surface area contributed by atoms with Gasteiger partial charge in [0, 0.05) is 29.4 Å². The summed E-state index contributed by atoms with van der Waals surface area (Å²) >= 11 is 7.67. The van der Waals surface area contributed by atoms with Gasteiger partial charge < -0.3 is 10.2 Å². The highest BCUT2D eigenvalue weighted by atomic mass is 35.5. The molecule has 1 aromatic rings. The lowest BCUT2D eigenvalue weighted by atomic mass is 10.1. The van der Waals surface area contributed by atoms with Gasteiger partial charge in [-0.25, -0.2) is 0 Å². The third-order valence-electron chi connectivity index (χ3n) is 4.33. The van der Waals surface area contributed by atoms with Crippen LogP contribution in [-0.4, -0.2) is 41.7 Å². The fourth-order valence-electron chi connectivity index (χ4n) is 3.35. The summed E-state index contributed by atoms with van der Waals surface area (Å²) in [5.41, 5.74) is 1.18. The van der Waals surface area contributed by atoms with Gasteiger partial charge >= 0.3 is 0 Å². The minimum absolute atomic E-state index is 0.304. The van der Waals surface area contributed by atoms with Crippen molar-refractivity contribution in [1.82, 2.24) is 10.2 Å². The van der Waals surface area contributed by atoms with Crippen LogP contribution in [0, 0.1) is 0 Å². The molecule has 21 heavy (non-hydrogen) atoms. The third kappa shape index (κ3) is 3.74. The average molecular weight is 325 g/mol. The van der Waals surface area contributed by atoms with E-state index >= 15 is 0 Å². The second kappa shape index (κ2) is 7.03. The number of carbonyl (C=O) groups excluding carboxylic acids is 1. The van der Waals surface area contributed by atoms with E-state index in [9.17, 15) is 4.79 Å². The van der Waals surface area contributed by atoms with Crippen molar-refractivity contribution in [1.29, 1.82) is 0 Å². The molecule has 2 fully saturated rings. The van der Waals surface area contributed by atoms with E-state index in [1.54, 1.807) is 11.8 Å². The van der Waals surface area contributed by atoms with Crippen molar-refractivity contribution < 1.29 is 4.79 Å². The molecule has 3 nitrogen and oxygen atoms in total. The number of nitrogens with zero attached hydrogens (tertiary/aromatic N) is 1. The van der Waals surface area contributed by atoms with Crippen LogP contribution in [0.15, 0.2) is 24.3 Å². The molecule has 1 amide bonds. The van der Waals surface area contributed by atoms with Gasteiger partial charge in [-0.2, -0.15) is 0 Å². The second-order valence-electron chi connectivity index (χ2n) is 5.80. The summed E-state index contributed by atoms with van der Waals surface area (Å²) in [4.78, 5) is 14.7. The number of nitrogens with one attached hydrogen (secondary N) is 1. The molecule has 2 bridgehead atoms. The first-order valence-corrected chi connectivity index (χ1v) is 9.11. The standard InChI is InChI=1S/C16H21ClN2OS/c17-13-3-1-2-12(8-13)10-21-11-16(20)19-14-4-5-15(19)9-18-7-6-14/h1-3,8,14-15,18H,4-7,9-11H2. The summed E-state index contributed by atoms with van der Waals surface area (Å²) in [6.07, 6.45) is 3.43. The fraction of sp³-hybridized carbons (Fsp3) is 0.562. The molecule has 0 aliphatic carbocycles. The van der Waals surface area contributed by atoms with Crippen molar-refractivity contribution in [2.45, 2.75) is 37.1 Å². The van der Waals surface area contributed by atoms with Crippen LogP contribution < -0.4 is 5.32 Å². The highest BCUT2D eigenvalue weighted by molar-refractivity contribution is 7.99. The monoisotopic (exact) mass is 324 g/mol. The molecule has 2 heterocycles. The molecule has 0 spiro atoms. The second-order valence-corrected chi connectivity index (χ2v) is 7.22. The summed E-state index contributed by atoms with van der Waals surface area (Å²) in [5.74, 6) is 1.71. The molecule has 2 saturated heterocycles. The number of carbonyl (C=O) groups is 1.